The highest BCUT2D eigenvalue weighted by molar-refractivity contribution is 5.84. The van der Waals surface area contributed by atoms with E-state index in [1.165, 1.54) is 6.08 Å². The Morgan fingerprint density at radius 3 is 2.35 bits per heavy atom. The molecule has 1 aromatic rings. The molecule has 0 aliphatic heterocycles. The van der Waals surface area contributed by atoms with E-state index in [2.05, 4.69) is 11.9 Å². The number of nitrogens with one attached hydrogen (secondary N) is 1. The van der Waals surface area contributed by atoms with Gasteiger partial charge >= 0.3 is 6.09 Å². The van der Waals surface area contributed by atoms with E-state index < -0.39 is 6.09 Å². The minimum Gasteiger partial charge on any atom is -0.445 e. The summed E-state index contributed by atoms with van der Waals surface area (Å²) in [7, 11) is 0. The molecule has 0 bridgehead atoms. The van der Waals surface area contributed by atoms with Crippen LogP contribution in [0.3, 0.4) is 0 Å². The normalized spacial score (nSPS) is 9.76. The van der Waals surface area contributed by atoms with Crippen LogP contribution in [0.15, 0.2) is 30.9 Å². The molecule has 1 aromatic carbocycles. The zero-order valence-corrected chi connectivity index (χ0v) is 9.35. The molecule has 0 aromatic heterocycles. The van der Waals surface area contributed by atoms with Crippen LogP contribution in [0, 0.1) is 0 Å². The third kappa shape index (κ3) is 4.26. The third-order valence-corrected chi connectivity index (χ3v) is 2.00. The summed E-state index contributed by atoms with van der Waals surface area (Å²) in [4.78, 5) is 11.3. The van der Waals surface area contributed by atoms with Gasteiger partial charge in [-0.1, -0.05) is 18.7 Å². The SMILES string of the molecule is C=CCOC(=O)Nc1cc(CO)cc(CO)c1. The van der Waals surface area contributed by atoms with Crippen molar-refractivity contribution >= 4 is 11.8 Å². The molecule has 0 aliphatic carbocycles. The number of ether oxygens (including phenoxy) is 1. The molecular weight excluding hydrogens is 222 g/mol. The van der Waals surface area contributed by atoms with E-state index in [0.29, 0.717) is 16.8 Å². The van der Waals surface area contributed by atoms with Gasteiger partial charge in [-0.2, -0.15) is 0 Å². The Labute approximate surface area is 99.3 Å². The maximum Gasteiger partial charge on any atom is 0.411 e. The molecule has 92 valence electrons. The summed E-state index contributed by atoms with van der Waals surface area (Å²) in [5, 5.41) is 20.5. The number of aliphatic hydroxyl groups excluding tert-OH is 2. The Kier molecular flexibility index (Phi) is 5.19. The van der Waals surface area contributed by atoms with Crippen molar-refractivity contribution in [3.63, 3.8) is 0 Å². The van der Waals surface area contributed by atoms with E-state index in [1.807, 2.05) is 0 Å². The fourth-order valence-electron chi connectivity index (χ4n) is 1.31. The molecular formula is C12H15NO4. The molecule has 1 amide bonds. The second-order valence-electron chi connectivity index (χ2n) is 3.37. The number of hydrogen-bond acceptors (Lipinski definition) is 4. The Morgan fingerprint density at radius 2 is 1.88 bits per heavy atom. The van der Waals surface area contributed by atoms with Crippen molar-refractivity contribution in [3.05, 3.63) is 42.0 Å². The lowest BCUT2D eigenvalue weighted by molar-refractivity contribution is 0.174. The third-order valence-electron chi connectivity index (χ3n) is 2.00. The monoisotopic (exact) mass is 237 g/mol. The quantitative estimate of drug-likeness (QED) is 0.676. The first-order chi connectivity index (χ1) is 8.19. The first kappa shape index (κ1) is 13.2. The van der Waals surface area contributed by atoms with Gasteiger partial charge in [-0.25, -0.2) is 4.79 Å². The lowest BCUT2D eigenvalue weighted by atomic mass is 10.1. The fourth-order valence-corrected chi connectivity index (χ4v) is 1.31. The van der Waals surface area contributed by atoms with Crippen LogP contribution in [0.1, 0.15) is 11.1 Å². The molecule has 3 N–H and O–H groups in total. The molecule has 5 nitrogen and oxygen atoms in total. The van der Waals surface area contributed by atoms with Crippen molar-refractivity contribution in [2.75, 3.05) is 11.9 Å². The summed E-state index contributed by atoms with van der Waals surface area (Å²) in [5.41, 5.74) is 1.68. The summed E-state index contributed by atoms with van der Waals surface area (Å²) in [6, 6.07) is 4.86. The molecule has 0 saturated carbocycles. The Balaban J connectivity index is 2.75. The molecule has 0 heterocycles. The molecule has 0 saturated heterocycles. The molecule has 0 unspecified atom stereocenters. The predicted octanol–water partition coefficient (Wildman–Crippen LogP) is 1.41. The topological polar surface area (TPSA) is 78.8 Å². The zero-order valence-electron chi connectivity index (χ0n) is 9.35. The van der Waals surface area contributed by atoms with Crippen LogP contribution in [-0.2, 0) is 18.0 Å². The number of aliphatic hydroxyl groups is 2. The van der Waals surface area contributed by atoms with Crippen molar-refractivity contribution in [2.45, 2.75) is 13.2 Å². The van der Waals surface area contributed by atoms with Gasteiger partial charge in [0.25, 0.3) is 0 Å². The molecule has 0 fully saturated rings. The maximum atomic E-state index is 11.3. The van der Waals surface area contributed by atoms with E-state index in [9.17, 15) is 4.79 Å². The highest BCUT2D eigenvalue weighted by Crippen LogP contribution is 2.15. The van der Waals surface area contributed by atoms with E-state index in [1.54, 1.807) is 18.2 Å². The predicted molar refractivity (Wildman–Crippen MR) is 63.5 cm³/mol. The van der Waals surface area contributed by atoms with Crippen LogP contribution in [0.4, 0.5) is 10.5 Å². The van der Waals surface area contributed by atoms with Gasteiger partial charge in [-0.3, -0.25) is 5.32 Å². The molecule has 0 aliphatic rings. The standard InChI is InChI=1S/C12H15NO4/c1-2-3-17-12(16)13-11-5-9(7-14)4-10(6-11)8-15/h2,4-6,14-15H,1,3,7-8H2,(H,13,16). The fraction of sp³-hybridized carbons (Fsp3) is 0.250. The van der Waals surface area contributed by atoms with Gasteiger partial charge < -0.3 is 14.9 Å². The number of anilines is 1. The molecule has 0 spiro atoms. The van der Waals surface area contributed by atoms with Gasteiger partial charge in [-0.15, -0.1) is 0 Å². The van der Waals surface area contributed by atoms with Crippen LogP contribution in [-0.4, -0.2) is 22.9 Å². The van der Waals surface area contributed by atoms with Gasteiger partial charge in [0.05, 0.1) is 13.2 Å². The second-order valence-corrected chi connectivity index (χ2v) is 3.37. The lowest BCUT2D eigenvalue weighted by Gasteiger charge is -2.08. The number of amides is 1. The van der Waals surface area contributed by atoms with Gasteiger partial charge in [0.2, 0.25) is 0 Å². The van der Waals surface area contributed by atoms with Crippen LogP contribution in [0.2, 0.25) is 0 Å². The van der Waals surface area contributed by atoms with Gasteiger partial charge in [0.1, 0.15) is 6.61 Å². The van der Waals surface area contributed by atoms with Crippen molar-refractivity contribution in [1.82, 2.24) is 0 Å². The van der Waals surface area contributed by atoms with Crippen LogP contribution in [0.5, 0.6) is 0 Å². The average molecular weight is 237 g/mol. The summed E-state index contributed by atoms with van der Waals surface area (Å²) >= 11 is 0. The van der Waals surface area contributed by atoms with Crippen LogP contribution >= 0.6 is 0 Å². The van der Waals surface area contributed by atoms with Crippen molar-refractivity contribution in [3.8, 4) is 0 Å². The van der Waals surface area contributed by atoms with Crippen molar-refractivity contribution in [1.29, 1.82) is 0 Å². The molecule has 5 heteroatoms. The number of hydrogen-bond donors (Lipinski definition) is 3. The van der Waals surface area contributed by atoms with Crippen LogP contribution in [0.25, 0.3) is 0 Å². The minimum atomic E-state index is -0.608. The van der Waals surface area contributed by atoms with Gasteiger partial charge in [0.15, 0.2) is 0 Å². The Morgan fingerprint density at radius 1 is 1.29 bits per heavy atom. The van der Waals surface area contributed by atoms with Gasteiger partial charge in [-0.05, 0) is 23.3 Å². The number of benzene rings is 1. The average Bonchev–Trinajstić information content (AvgIpc) is 2.35. The highest BCUT2D eigenvalue weighted by Gasteiger charge is 2.05. The first-order valence-electron chi connectivity index (χ1n) is 5.09. The summed E-state index contributed by atoms with van der Waals surface area (Å²) in [5.74, 6) is 0. The number of carbonyl (C=O) groups excluding carboxylic acids is 1. The van der Waals surface area contributed by atoms with Crippen molar-refractivity contribution in [2.24, 2.45) is 0 Å². The van der Waals surface area contributed by atoms with E-state index in [4.69, 9.17) is 14.9 Å². The first-order valence-corrected chi connectivity index (χ1v) is 5.09. The molecule has 1 rings (SSSR count). The second kappa shape index (κ2) is 6.67. The van der Waals surface area contributed by atoms with E-state index in [-0.39, 0.29) is 19.8 Å². The molecule has 0 radical (unpaired) electrons. The maximum absolute atomic E-state index is 11.3. The van der Waals surface area contributed by atoms with E-state index in [0.717, 1.165) is 0 Å². The largest absolute Gasteiger partial charge is 0.445 e. The summed E-state index contributed by atoms with van der Waals surface area (Å²) in [6.45, 7) is 3.22. The lowest BCUT2D eigenvalue weighted by Crippen LogP contribution is -2.14. The molecule has 17 heavy (non-hydrogen) atoms. The zero-order chi connectivity index (χ0) is 12.7. The molecule has 0 atom stereocenters. The van der Waals surface area contributed by atoms with Gasteiger partial charge in [0, 0.05) is 5.69 Å². The number of carbonyl (C=O) groups is 1. The summed E-state index contributed by atoms with van der Waals surface area (Å²) in [6.07, 6.45) is 0.854. The summed E-state index contributed by atoms with van der Waals surface area (Å²) < 4.78 is 4.75. The highest BCUT2D eigenvalue weighted by atomic mass is 16.5. The van der Waals surface area contributed by atoms with Crippen molar-refractivity contribution < 1.29 is 19.7 Å². The number of rotatable bonds is 5. The Bertz CT molecular complexity index is 381. The minimum absolute atomic E-state index is 0.123. The van der Waals surface area contributed by atoms with E-state index >= 15 is 0 Å². The van der Waals surface area contributed by atoms with Crippen LogP contribution < -0.4 is 5.32 Å². The Hall–Kier alpha value is -1.85. The smallest absolute Gasteiger partial charge is 0.411 e.